The van der Waals surface area contributed by atoms with Crippen molar-refractivity contribution in [3.8, 4) is 0 Å². The van der Waals surface area contributed by atoms with Gasteiger partial charge in [0.25, 0.3) is 0 Å². The van der Waals surface area contributed by atoms with E-state index in [4.69, 9.17) is 0 Å². The molecule has 7 heteroatoms. The van der Waals surface area contributed by atoms with Gasteiger partial charge >= 0.3 is 0 Å². The molecule has 0 saturated carbocycles. The molecule has 3 nitrogen and oxygen atoms in total. The predicted octanol–water partition coefficient (Wildman–Crippen LogP) is 3.47. The SMILES string of the molecule is Cc1cnn(CCF)c1NCc1cccc(F)c1F.Cl. The van der Waals surface area contributed by atoms with Crippen LogP contribution >= 0.6 is 12.4 Å². The molecule has 1 aromatic carbocycles. The third kappa shape index (κ3) is 3.45. The van der Waals surface area contributed by atoms with Gasteiger partial charge < -0.3 is 5.32 Å². The van der Waals surface area contributed by atoms with E-state index in [0.717, 1.165) is 11.6 Å². The minimum Gasteiger partial charge on any atom is -0.366 e. The molecule has 1 N–H and O–H groups in total. The van der Waals surface area contributed by atoms with Crippen molar-refractivity contribution in [3.63, 3.8) is 0 Å². The number of hydrogen-bond acceptors (Lipinski definition) is 2. The number of halogens is 4. The Morgan fingerprint density at radius 2 is 2.05 bits per heavy atom. The van der Waals surface area contributed by atoms with E-state index in [1.54, 1.807) is 6.20 Å². The molecule has 0 atom stereocenters. The fourth-order valence-corrected chi connectivity index (χ4v) is 1.82. The normalized spacial score (nSPS) is 10.2. The summed E-state index contributed by atoms with van der Waals surface area (Å²) in [7, 11) is 0. The van der Waals surface area contributed by atoms with Crippen molar-refractivity contribution < 1.29 is 13.2 Å². The van der Waals surface area contributed by atoms with Gasteiger partial charge in [0.05, 0.1) is 12.7 Å². The second-order valence-corrected chi connectivity index (χ2v) is 4.15. The second-order valence-electron chi connectivity index (χ2n) is 4.15. The summed E-state index contributed by atoms with van der Waals surface area (Å²) in [5.74, 6) is -1.14. The first-order valence-corrected chi connectivity index (χ1v) is 5.88. The molecular formula is C13H15ClF3N3. The van der Waals surface area contributed by atoms with Crippen LogP contribution in [0.4, 0.5) is 19.0 Å². The molecular weight excluding hydrogens is 291 g/mol. The molecule has 110 valence electrons. The summed E-state index contributed by atoms with van der Waals surface area (Å²) in [6, 6.07) is 4.01. The maximum absolute atomic E-state index is 13.5. The van der Waals surface area contributed by atoms with E-state index >= 15 is 0 Å². The van der Waals surface area contributed by atoms with Crippen LogP contribution in [0.5, 0.6) is 0 Å². The average Bonchev–Trinajstić information content (AvgIpc) is 2.73. The summed E-state index contributed by atoms with van der Waals surface area (Å²) in [5.41, 5.74) is 1.04. The van der Waals surface area contributed by atoms with E-state index in [2.05, 4.69) is 10.4 Å². The van der Waals surface area contributed by atoms with E-state index in [9.17, 15) is 13.2 Å². The van der Waals surface area contributed by atoms with Gasteiger partial charge in [0.2, 0.25) is 0 Å². The van der Waals surface area contributed by atoms with Gasteiger partial charge in [0, 0.05) is 17.7 Å². The molecule has 1 heterocycles. The van der Waals surface area contributed by atoms with Crippen molar-refractivity contribution in [1.82, 2.24) is 9.78 Å². The van der Waals surface area contributed by atoms with E-state index < -0.39 is 18.3 Å². The quantitative estimate of drug-likeness (QED) is 0.916. The van der Waals surface area contributed by atoms with Crippen molar-refractivity contribution >= 4 is 18.2 Å². The molecule has 0 bridgehead atoms. The Labute approximate surface area is 121 Å². The molecule has 20 heavy (non-hydrogen) atoms. The van der Waals surface area contributed by atoms with Gasteiger partial charge in [-0.15, -0.1) is 12.4 Å². The lowest BCUT2D eigenvalue weighted by Crippen LogP contribution is -2.11. The molecule has 0 aliphatic heterocycles. The van der Waals surface area contributed by atoms with Crippen molar-refractivity contribution in [3.05, 3.63) is 47.2 Å². The molecule has 0 amide bonds. The third-order valence-electron chi connectivity index (χ3n) is 2.80. The Morgan fingerprint density at radius 3 is 2.75 bits per heavy atom. The van der Waals surface area contributed by atoms with Crippen LogP contribution < -0.4 is 5.32 Å². The topological polar surface area (TPSA) is 29.9 Å². The Balaban J connectivity index is 0.00000200. The van der Waals surface area contributed by atoms with Crippen LogP contribution in [-0.2, 0) is 13.1 Å². The summed E-state index contributed by atoms with van der Waals surface area (Å²) in [6.45, 7) is 1.51. The Morgan fingerprint density at radius 1 is 1.30 bits per heavy atom. The van der Waals surface area contributed by atoms with Crippen molar-refractivity contribution in [2.75, 3.05) is 12.0 Å². The van der Waals surface area contributed by atoms with Gasteiger partial charge in [-0.3, -0.25) is 0 Å². The van der Waals surface area contributed by atoms with Gasteiger partial charge in [-0.1, -0.05) is 12.1 Å². The van der Waals surface area contributed by atoms with Crippen molar-refractivity contribution in [2.45, 2.75) is 20.0 Å². The highest BCUT2D eigenvalue weighted by Crippen LogP contribution is 2.17. The zero-order valence-electron chi connectivity index (χ0n) is 10.9. The number of hydrogen-bond donors (Lipinski definition) is 1. The van der Waals surface area contributed by atoms with Crippen LogP contribution in [0.3, 0.4) is 0 Å². The van der Waals surface area contributed by atoms with Crippen LogP contribution in [0, 0.1) is 18.6 Å². The molecule has 0 aliphatic carbocycles. The fraction of sp³-hybridized carbons (Fsp3) is 0.308. The molecule has 0 aliphatic rings. The Hall–Kier alpha value is -1.69. The zero-order valence-corrected chi connectivity index (χ0v) is 11.7. The number of nitrogens with one attached hydrogen (secondary N) is 1. The van der Waals surface area contributed by atoms with Gasteiger partial charge in [0.1, 0.15) is 12.5 Å². The second kappa shape index (κ2) is 7.19. The summed E-state index contributed by atoms with van der Waals surface area (Å²) in [5, 5.41) is 6.96. The van der Waals surface area contributed by atoms with Gasteiger partial charge in [0.15, 0.2) is 11.6 Å². The maximum Gasteiger partial charge on any atom is 0.163 e. The Bertz CT molecular complexity index is 572. The minimum atomic E-state index is -0.881. The number of rotatable bonds is 5. The highest BCUT2D eigenvalue weighted by molar-refractivity contribution is 5.85. The summed E-state index contributed by atoms with van der Waals surface area (Å²) < 4.78 is 40.4. The van der Waals surface area contributed by atoms with Gasteiger partial charge in [-0.05, 0) is 13.0 Å². The number of nitrogens with zero attached hydrogens (tertiary/aromatic N) is 2. The van der Waals surface area contributed by atoms with Crippen LogP contribution in [0.2, 0.25) is 0 Å². The van der Waals surface area contributed by atoms with E-state index in [1.807, 2.05) is 6.92 Å². The molecule has 2 aromatic rings. The lowest BCUT2D eigenvalue weighted by Gasteiger charge is -2.10. The van der Waals surface area contributed by atoms with Gasteiger partial charge in [-0.25, -0.2) is 17.9 Å². The fourth-order valence-electron chi connectivity index (χ4n) is 1.82. The van der Waals surface area contributed by atoms with Crippen molar-refractivity contribution in [1.29, 1.82) is 0 Å². The highest BCUT2D eigenvalue weighted by atomic mass is 35.5. The highest BCUT2D eigenvalue weighted by Gasteiger charge is 2.10. The van der Waals surface area contributed by atoms with Gasteiger partial charge in [-0.2, -0.15) is 5.10 Å². The van der Waals surface area contributed by atoms with E-state index in [-0.39, 0.29) is 31.1 Å². The van der Waals surface area contributed by atoms with E-state index in [0.29, 0.717) is 5.82 Å². The number of aryl methyl sites for hydroxylation is 2. The number of aromatic nitrogens is 2. The maximum atomic E-state index is 13.5. The Kier molecular flexibility index (Phi) is 5.88. The zero-order chi connectivity index (χ0) is 13.8. The molecule has 1 aromatic heterocycles. The summed E-state index contributed by atoms with van der Waals surface area (Å²) >= 11 is 0. The summed E-state index contributed by atoms with van der Waals surface area (Å²) in [6.07, 6.45) is 1.60. The van der Waals surface area contributed by atoms with Crippen LogP contribution in [-0.4, -0.2) is 16.5 Å². The molecule has 2 rings (SSSR count). The minimum absolute atomic E-state index is 0. The predicted molar refractivity (Wildman–Crippen MR) is 73.9 cm³/mol. The standard InChI is InChI=1S/C13H14F3N3.ClH/c1-9-7-18-19(6-5-14)13(9)17-8-10-3-2-4-11(15)12(10)16;/h2-4,7,17H,5-6,8H2,1H3;1H. The number of alkyl halides is 1. The number of anilines is 1. The van der Waals surface area contributed by atoms with Crippen molar-refractivity contribution in [2.24, 2.45) is 0 Å². The van der Waals surface area contributed by atoms with Crippen LogP contribution in [0.15, 0.2) is 24.4 Å². The first-order chi connectivity index (χ1) is 9.13. The first kappa shape index (κ1) is 16.4. The van der Waals surface area contributed by atoms with Crippen LogP contribution in [0.25, 0.3) is 0 Å². The lowest BCUT2D eigenvalue weighted by molar-refractivity contribution is 0.429. The first-order valence-electron chi connectivity index (χ1n) is 5.88. The van der Waals surface area contributed by atoms with E-state index in [1.165, 1.54) is 16.8 Å². The molecule has 0 spiro atoms. The number of benzene rings is 1. The molecule has 0 radical (unpaired) electrons. The molecule has 0 fully saturated rings. The average molecular weight is 306 g/mol. The third-order valence-corrected chi connectivity index (χ3v) is 2.80. The largest absolute Gasteiger partial charge is 0.366 e. The smallest absolute Gasteiger partial charge is 0.163 e. The molecule has 0 unspecified atom stereocenters. The lowest BCUT2D eigenvalue weighted by atomic mass is 10.2. The molecule has 0 saturated heterocycles. The monoisotopic (exact) mass is 305 g/mol. The van der Waals surface area contributed by atoms with Crippen LogP contribution in [0.1, 0.15) is 11.1 Å². The summed E-state index contributed by atoms with van der Waals surface area (Å²) in [4.78, 5) is 0.